The van der Waals surface area contributed by atoms with E-state index in [1.54, 1.807) is 0 Å². The van der Waals surface area contributed by atoms with Crippen LogP contribution in [0.2, 0.25) is 0 Å². The maximum Gasteiger partial charge on any atom is 0.165 e. The Morgan fingerprint density at radius 1 is 1.27 bits per heavy atom. The molecule has 5 heteroatoms. The van der Waals surface area contributed by atoms with Crippen LogP contribution >= 0.6 is 0 Å². The first-order valence-electron chi connectivity index (χ1n) is 5.07. The van der Waals surface area contributed by atoms with E-state index in [2.05, 4.69) is 0 Å². The summed E-state index contributed by atoms with van der Waals surface area (Å²) < 4.78 is 27.1. The molecular formula is C10H20O4S. The van der Waals surface area contributed by atoms with Crippen molar-refractivity contribution in [1.29, 1.82) is 0 Å². The summed E-state index contributed by atoms with van der Waals surface area (Å²) in [5.74, 6) is -0.225. The number of ether oxygens (including phenoxy) is 1. The summed E-state index contributed by atoms with van der Waals surface area (Å²) in [5.41, 5.74) is -0.801. The zero-order valence-corrected chi connectivity index (χ0v) is 10.7. The van der Waals surface area contributed by atoms with Crippen molar-refractivity contribution in [2.75, 3.05) is 19.1 Å². The van der Waals surface area contributed by atoms with E-state index in [0.717, 1.165) is 6.26 Å². The van der Waals surface area contributed by atoms with Gasteiger partial charge in [-0.1, -0.05) is 13.8 Å². The number of hydrogen-bond acceptors (Lipinski definition) is 4. The van der Waals surface area contributed by atoms with Crippen LogP contribution in [0, 0.1) is 0 Å². The molecule has 0 N–H and O–H groups in total. The lowest BCUT2D eigenvalue weighted by Gasteiger charge is -2.28. The summed E-state index contributed by atoms with van der Waals surface area (Å²) in [6, 6.07) is 0. The highest BCUT2D eigenvalue weighted by molar-refractivity contribution is 7.90. The second-order valence-corrected chi connectivity index (χ2v) is 5.97. The van der Waals surface area contributed by atoms with Crippen molar-refractivity contribution >= 4 is 15.6 Å². The lowest BCUT2D eigenvalue weighted by atomic mass is 9.90. The number of ketones is 1. The number of sulfone groups is 1. The SMILES string of the molecule is CCC(CC)(OC)C(=O)CCS(C)(=O)=O. The van der Waals surface area contributed by atoms with Crippen LogP contribution in [0.15, 0.2) is 0 Å². The van der Waals surface area contributed by atoms with Gasteiger partial charge in [0, 0.05) is 19.8 Å². The van der Waals surface area contributed by atoms with Gasteiger partial charge >= 0.3 is 0 Å². The van der Waals surface area contributed by atoms with Gasteiger partial charge in [0.05, 0.1) is 5.75 Å². The van der Waals surface area contributed by atoms with Gasteiger partial charge in [-0.25, -0.2) is 8.42 Å². The number of hydrogen-bond donors (Lipinski definition) is 0. The third-order valence-corrected chi connectivity index (χ3v) is 3.69. The normalized spacial score (nSPS) is 12.8. The molecule has 0 heterocycles. The molecule has 0 bridgehead atoms. The minimum Gasteiger partial charge on any atom is -0.370 e. The van der Waals surface area contributed by atoms with E-state index in [9.17, 15) is 13.2 Å². The standard InChI is InChI=1S/C10H20O4S/c1-5-10(6-2,14-3)9(11)7-8-15(4,12)13/h5-8H2,1-4H3. The van der Waals surface area contributed by atoms with Gasteiger partial charge in [0.15, 0.2) is 5.78 Å². The second kappa shape index (κ2) is 5.61. The van der Waals surface area contributed by atoms with E-state index in [1.165, 1.54) is 7.11 Å². The zero-order valence-electron chi connectivity index (χ0n) is 9.87. The molecule has 0 saturated carbocycles. The molecule has 0 aromatic heterocycles. The minimum absolute atomic E-state index is 0.0361. The highest BCUT2D eigenvalue weighted by Gasteiger charge is 2.34. The first kappa shape index (κ1) is 14.6. The van der Waals surface area contributed by atoms with Gasteiger partial charge in [-0.15, -0.1) is 0 Å². The minimum atomic E-state index is -3.08. The molecule has 0 amide bonds. The average Bonchev–Trinajstić information content (AvgIpc) is 2.17. The van der Waals surface area contributed by atoms with Crippen molar-refractivity contribution < 1.29 is 17.9 Å². The van der Waals surface area contributed by atoms with Crippen molar-refractivity contribution in [3.8, 4) is 0 Å². The van der Waals surface area contributed by atoms with Crippen LogP contribution in [-0.2, 0) is 19.4 Å². The molecule has 0 fully saturated rings. The maximum atomic E-state index is 11.8. The third kappa shape index (κ3) is 4.30. The fourth-order valence-corrected chi connectivity index (χ4v) is 2.11. The number of rotatable bonds is 7. The van der Waals surface area contributed by atoms with Crippen molar-refractivity contribution in [3.63, 3.8) is 0 Å². The molecule has 0 aliphatic rings. The fourth-order valence-electron chi connectivity index (χ4n) is 1.55. The van der Waals surface area contributed by atoms with Gasteiger partial charge in [-0.3, -0.25) is 4.79 Å². The Labute approximate surface area is 91.9 Å². The summed E-state index contributed by atoms with van der Waals surface area (Å²) in [6.07, 6.45) is 2.31. The molecular weight excluding hydrogens is 216 g/mol. The maximum absolute atomic E-state index is 11.8. The largest absolute Gasteiger partial charge is 0.370 e. The molecule has 0 aliphatic carbocycles. The number of methoxy groups -OCH3 is 1. The molecule has 0 spiro atoms. The van der Waals surface area contributed by atoms with Crippen LogP contribution in [0.3, 0.4) is 0 Å². The first-order valence-corrected chi connectivity index (χ1v) is 7.13. The second-order valence-electron chi connectivity index (χ2n) is 3.71. The van der Waals surface area contributed by atoms with Crippen molar-refractivity contribution in [2.45, 2.75) is 38.7 Å². The Bertz CT molecular complexity index is 293. The third-order valence-electron chi connectivity index (χ3n) is 2.74. The van der Waals surface area contributed by atoms with E-state index >= 15 is 0 Å². The Morgan fingerprint density at radius 3 is 2.00 bits per heavy atom. The molecule has 0 aromatic rings. The fraction of sp³-hybridized carbons (Fsp3) is 0.900. The van der Waals surface area contributed by atoms with E-state index in [-0.39, 0.29) is 18.0 Å². The summed E-state index contributed by atoms with van der Waals surface area (Å²) in [7, 11) is -1.59. The molecule has 90 valence electrons. The molecule has 0 aromatic carbocycles. The first-order chi connectivity index (χ1) is 6.81. The van der Waals surface area contributed by atoms with Gasteiger partial charge < -0.3 is 4.74 Å². The average molecular weight is 236 g/mol. The van der Waals surface area contributed by atoms with Gasteiger partial charge in [-0.05, 0) is 12.8 Å². The molecule has 15 heavy (non-hydrogen) atoms. The summed E-state index contributed by atoms with van der Waals surface area (Å²) in [4.78, 5) is 11.8. The van der Waals surface area contributed by atoms with Gasteiger partial charge in [-0.2, -0.15) is 0 Å². The Kier molecular flexibility index (Phi) is 5.45. The Morgan fingerprint density at radius 2 is 1.73 bits per heavy atom. The summed E-state index contributed by atoms with van der Waals surface area (Å²) in [5, 5.41) is 0. The lowest BCUT2D eigenvalue weighted by molar-refractivity contribution is -0.141. The monoisotopic (exact) mass is 236 g/mol. The van der Waals surface area contributed by atoms with Crippen LogP contribution in [0.25, 0.3) is 0 Å². The molecule has 0 saturated heterocycles. The smallest absolute Gasteiger partial charge is 0.165 e. The lowest BCUT2D eigenvalue weighted by Crippen LogP contribution is -2.40. The van der Waals surface area contributed by atoms with Crippen LogP contribution < -0.4 is 0 Å². The predicted molar refractivity (Wildman–Crippen MR) is 59.7 cm³/mol. The zero-order chi connectivity index (χ0) is 12.1. The number of carbonyl (C=O) groups is 1. The molecule has 0 rings (SSSR count). The topological polar surface area (TPSA) is 60.4 Å². The summed E-state index contributed by atoms with van der Waals surface area (Å²) >= 11 is 0. The van der Waals surface area contributed by atoms with Crippen LogP contribution in [0.4, 0.5) is 0 Å². The van der Waals surface area contributed by atoms with Crippen LogP contribution in [0.1, 0.15) is 33.1 Å². The quantitative estimate of drug-likeness (QED) is 0.666. The van der Waals surface area contributed by atoms with Gasteiger partial charge in [0.1, 0.15) is 15.4 Å². The van der Waals surface area contributed by atoms with E-state index in [0.29, 0.717) is 12.8 Å². The van der Waals surface area contributed by atoms with Crippen LogP contribution in [0.5, 0.6) is 0 Å². The van der Waals surface area contributed by atoms with Crippen LogP contribution in [-0.4, -0.2) is 38.9 Å². The van der Waals surface area contributed by atoms with E-state index < -0.39 is 15.4 Å². The predicted octanol–water partition coefficient (Wildman–Crippen LogP) is 1.20. The highest BCUT2D eigenvalue weighted by Crippen LogP contribution is 2.22. The number of Topliss-reactive ketones (excluding diaryl/α,β-unsaturated/α-hetero) is 1. The molecule has 0 aliphatic heterocycles. The molecule has 0 atom stereocenters. The van der Waals surface area contributed by atoms with Crippen molar-refractivity contribution in [1.82, 2.24) is 0 Å². The van der Waals surface area contributed by atoms with Crippen molar-refractivity contribution in [2.24, 2.45) is 0 Å². The van der Waals surface area contributed by atoms with Crippen molar-refractivity contribution in [3.05, 3.63) is 0 Å². The van der Waals surface area contributed by atoms with E-state index in [1.807, 2.05) is 13.8 Å². The van der Waals surface area contributed by atoms with Gasteiger partial charge in [0.2, 0.25) is 0 Å². The molecule has 4 nitrogen and oxygen atoms in total. The summed E-state index contributed by atoms with van der Waals surface area (Å²) in [6.45, 7) is 3.73. The number of carbonyl (C=O) groups excluding carboxylic acids is 1. The molecule has 0 unspecified atom stereocenters. The van der Waals surface area contributed by atoms with Gasteiger partial charge in [0.25, 0.3) is 0 Å². The van der Waals surface area contributed by atoms with E-state index in [4.69, 9.17) is 4.74 Å². The molecule has 0 radical (unpaired) electrons. The Hall–Kier alpha value is -0.420. The Balaban J connectivity index is 4.54. The highest BCUT2D eigenvalue weighted by atomic mass is 32.2.